The maximum absolute atomic E-state index is 12.8. The Morgan fingerprint density at radius 3 is 2.68 bits per heavy atom. The van der Waals surface area contributed by atoms with Crippen LogP contribution in [0.25, 0.3) is 0 Å². The fourth-order valence-corrected chi connectivity index (χ4v) is 3.17. The largest absolute Gasteiger partial charge is 0.357 e. The zero-order valence-electron chi connectivity index (χ0n) is 12.0. The molecule has 0 aliphatic carbocycles. The average molecular weight is 267 g/mol. The molecule has 2 aliphatic rings. The van der Waals surface area contributed by atoms with Crippen LogP contribution < -0.4 is 10.6 Å². The Morgan fingerprint density at radius 2 is 2.05 bits per heavy atom. The third-order valence-electron chi connectivity index (χ3n) is 4.40. The second-order valence-corrected chi connectivity index (χ2v) is 5.84. The molecule has 2 aliphatic heterocycles. The van der Waals surface area contributed by atoms with Crippen molar-refractivity contribution in [3.05, 3.63) is 0 Å². The Kier molecular flexibility index (Phi) is 4.45. The summed E-state index contributed by atoms with van der Waals surface area (Å²) in [5.41, 5.74) is -0.484. The SMILES string of the molecule is CNC(=O)C1CCCCN1C(=O)C1(C)CCCCN1. The first-order valence-corrected chi connectivity index (χ1v) is 7.36. The summed E-state index contributed by atoms with van der Waals surface area (Å²) in [6.07, 6.45) is 5.86. The van der Waals surface area contributed by atoms with Gasteiger partial charge >= 0.3 is 0 Å². The van der Waals surface area contributed by atoms with Gasteiger partial charge in [-0.15, -0.1) is 0 Å². The molecule has 2 unspecified atom stereocenters. The molecular weight excluding hydrogens is 242 g/mol. The first kappa shape index (κ1) is 14.3. The quantitative estimate of drug-likeness (QED) is 0.772. The lowest BCUT2D eigenvalue weighted by atomic mass is 9.87. The van der Waals surface area contributed by atoms with Crippen molar-refractivity contribution in [3.8, 4) is 0 Å². The first-order valence-electron chi connectivity index (χ1n) is 7.36. The zero-order valence-corrected chi connectivity index (χ0v) is 12.0. The van der Waals surface area contributed by atoms with Gasteiger partial charge in [-0.3, -0.25) is 9.59 Å². The third-order valence-corrected chi connectivity index (χ3v) is 4.40. The van der Waals surface area contributed by atoms with E-state index >= 15 is 0 Å². The number of nitrogens with one attached hydrogen (secondary N) is 2. The number of carbonyl (C=O) groups is 2. The van der Waals surface area contributed by atoms with Crippen LogP contribution in [0.5, 0.6) is 0 Å². The topological polar surface area (TPSA) is 61.4 Å². The Bertz CT molecular complexity index is 351. The molecule has 0 aromatic rings. The highest BCUT2D eigenvalue weighted by atomic mass is 16.2. The Morgan fingerprint density at radius 1 is 1.26 bits per heavy atom. The van der Waals surface area contributed by atoms with Crippen LogP contribution in [-0.2, 0) is 9.59 Å². The van der Waals surface area contributed by atoms with Crippen LogP contribution >= 0.6 is 0 Å². The van der Waals surface area contributed by atoms with E-state index in [-0.39, 0.29) is 17.9 Å². The second kappa shape index (κ2) is 5.90. The predicted molar refractivity (Wildman–Crippen MR) is 73.7 cm³/mol. The number of rotatable bonds is 2. The van der Waals surface area contributed by atoms with E-state index in [1.165, 1.54) is 0 Å². The molecule has 0 spiro atoms. The van der Waals surface area contributed by atoms with Crippen LogP contribution in [0.2, 0.25) is 0 Å². The molecule has 5 nitrogen and oxygen atoms in total. The van der Waals surface area contributed by atoms with Gasteiger partial charge in [0.2, 0.25) is 11.8 Å². The summed E-state index contributed by atoms with van der Waals surface area (Å²) in [5, 5.41) is 6.03. The predicted octanol–water partition coefficient (Wildman–Crippen LogP) is 0.646. The minimum absolute atomic E-state index is 0.0348. The van der Waals surface area contributed by atoms with Gasteiger partial charge < -0.3 is 15.5 Å². The molecule has 0 radical (unpaired) electrons. The molecule has 2 atom stereocenters. The van der Waals surface area contributed by atoms with Gasteiger partial charge in [-0.2, -0.15) is 0 Å². The first-order chi connectivity index (χ1) is 9.08. The number of nitrogens with zero attached hydrogens (tertiary/aromatic N) is 1. The van der Waals surface area contributed by atoms with Crippen molar-refractivity contribution in [1.82, 2.24) is 15.5 Å². The van der Waals surface area contributed by atoms with Crippen molar-refractivity contribution < 1.29 is 9.59 Å². The van der Waals surface area contributed by atoms with Gasteiger partial charge in [-0.05, 0) is 52.0 Å². The third kappa shape index (κ3) is 2.91. The summed E-state index contributed by atoms with van der Waals surface area (Å²) in [7, 11) is 1.64. The zero-order chi connectivity index (χ0) is 13.9. The van der Waals surface area contributed by atoms with Gasteiger partial charge in [0, 0.05) is 13.6 Å². The van der Waals surface area contributed by atoms with Crippen LogP contribution in [0.4, 0.5) is 0 Å². The van der Waals surface area contributed by atoms with Crippen molar-refractivity contribution in [2.24, 2.45) is 0 Å². The molecule has 0 bridgehead atoms. The molecule has 2 amide bonds. The average Bonchev–Trinajstić information content (AvgIpc) is 2.46. The molecule has 2 N–H and O–H groups in total. The number of piperidine rings is 2. The number of carbonyl (C=O) groups excluding carboxylic acids is 2. The summed E-state index contributed by atoms with van der Waals surface area (Å²) in [6, 6.07) is -0.285. The van der Waals surface area contributed by atoms with Crippen LogP contribution in [0.15, 0.2) is 0 Å². The van der Waals surface area contributed by atoms with E-state index in [1.807, 2.05) is 6.92 Å². The summed E-state index contributed by atoms with van der Waals surface area (Å²) in [5.74, 6) is 0.0629. The van der Waals surface area contributed by atoms with Crippen molar-refractivity contribution in [2.45, 2.75) is 57.0 Å². The second-order valence-electron chi connectivity index (χ2n) is 5.84. The lowest BCUT2D eigenvalue weighted by Crippen LogP contribution is -2.62. The maximum Gasteiger partial charge on any atom is 0.243 e. The van der Waals surface area contributed by atoms with Crippen molar-refractivity contribution >= 4 is 11.8 Å². The minimum atomic E-state index is -0.484. The summed E-state index contributed by atoms with van der Waals surface area (Å²) < 4.78 is 0. The number of hydrogen-bond donors (Lipinski definition) is 2. The molecule has 0 saturated carbocycles. The molecule has 19 heavy (non-hydrogen) atoms. The van der Waals surface area contributed by atoms with E-state index in [4.69, 9.17) is 0 Å². The van der Waals surface area contributed by atoms with Gasteiger partial charge in [0.1, 0.15) is 6.04 Å². The van der Waals surface area contributed by atoms with Gasteiger partial charge in [0.05, 0.1) is 5.54 Å². The number of hydrogen-bond acceptors (Lipinski definition) is 3. The highest BCUT2D eigenvalue weighted by Gasteiger charge is 2.42. The summed E-state index contributed by atoms with van der Waals surface area (Å²) in [4.78, 5) is 26.5. The fraction of sp³-hybridized carbons (Fsp3) is 0.857. The molecule has 2 fully saturated rings. The highest BCUT2D eigenvalue weighted by molar-refractivity contribution is 5.92. The van der Waals surface area contributed by atoms with Crippen LogP contribution in [-0.4, -0.2) is 48.4 Å². The number of likely N-dealkylation sites (tertiary alicyclic amines) is 1. The normalized spacial score (nSPS) is 31.9. The molecule has 2 heterocycles. The molecule has 2 rings (SSSR count). The van der Waals surface area contributed by atoms with Crippen molar-refractivity contribution in [3.63, 3.8) is 0 Å². The lowest BCUT2D eigenvalue weighted by Gasteiger charge is -2.42. The minimum Gasteiger partial charge on any atom is -0.357 e. The Balaban J connectivity index is 2.12. The Labute approximate surface area is 115 Å². The van der Waals surface area contributed by atoms with Crippen LogP contribution in [0.3, 0.4) is 0 Å². The monoisotopic (exact) mass is 267 g/mol. The van der Waals surface area contributed by atoms with Crippen molar-refractivity contribution in [2.75, 3.05) is 20.1 Å². The fourth-order valence-electron chi connectivity index (χ4n) is 3.17. The highest BCUT2D eigenvalue weighted by Crippen LogP contribution is 2.26. The lowest BCUT2D eigenvalue weighted by molar-refractivity contribution is -0.147. The van der Waals surface area contributed by atoms with E-state index in [1.54, 1.807) is 11.9 Å². The molecule has 2 saturated heterocycles. The van der Waals surface area contributed by atoms with Gasteiger partial charge in [0.15, 0.2) is 0 Å². The molecule has 0 aromatic carbocycles. The van der Waals surface area contributed by atoms with E-state index < -0.39 is 5.54 Å². The van der Waals surface area contributed by atoms with Crippen LogP contribution in [0.1, 0.15) is 45.4 Å². The van der Waals surface area contributed by atoms with Gasteiger partial charge in [-0.25, -0.2) is 0 Å². The van der Waals surface area contributed by atoms with Gasteiger partial charge in [-0.1, -0.05) is 0 Å². The molecule has 108 valence electrons. The van der Waals surface area contributed by atoms with E-state index in [0.717, 1.165) is 45.1 Å². The van der Waals surface area contributed by atoms with E-state index in [0.29, 0.717) is 6.54 Å². The smallest absolute Gasteiger partial charge is 0.243 e. The molecule has 5 heteroatoms. The van der Waals surface area contributed by atoms with Crippen LogP contribution in [0, 0.1) is 0 Å². The van der Waals surface area contributed by atoms with Crippen molar-refractivity contribution in [1.29, 1.82) is 0 Å². The molecule has 0 aromatic heterocycles. The number of likely N-dealkylation sites (N-methyl/N-ethyl adjacent to an activating group) is 1. The standard InChI is InChI=1S/C14H25N3O2/c1-14(8-4-5-9-16-14)13(19)17-10-6-3-7-11(17)12(18)15-2/h11,16H,3-10H2,1-2H3,(H,15,18). The molecular formula is C14H25N3O2. The van der Waals surface area contributed by atoms with Gasteiger partial charge in [0.25, 0.3) is 0 Å². The maximum atomic E-state index is 12.8. The van der Waals surface area contributed by atoms with E-state index in [9.17, 15) is 9.59 Å². The van der Waals surface area contributed by atoms with E-state index in [2.05, 4.69) is 10.6 Å². The summed E-state index contributed by atoms with van der Waals surface area (Å²) >= 11 is 0. The summed E-state index contributed by atoms with van der Waals surface area (Å²) in [6.45, 7) is 3.57. The number of amides is 2. The Hall–Kier alpha value is -1.10.